The number of carbonyl (C=O) groups is 1. The van der Waals surface area contributed by atoms with Gasteiger partial charge in [-0.3, -0.25) is 4.68 Å². The minimum Gasteiger partial charge on any atom is -0.391 e. The van der Waals surface area contributed by atoms with Crippen molar-refractivity contribution in [1.82, 2.24) is 14.7 Å². The quantitative estimate of drug-likeness (QED) is 0.597. The first kappa shape index (κ1) is 20.7. The first-order valence-corrected chi connectivity index (χ1v) is 10.1. The number of hydrogen-bond donors (Lipinski definition) is 2. The second-order valence-electron chi connectivity index (χ2n) is 7.32. The molecule has 2 aromatic rings. The Morgan fingerprint density at radius 3 is 2.93 bits per heavy atom. The zero-order valence-corrected chi connectivity index (χ0v) is 17.2. The number of amides is 2. The Kier molecular flexibility index (Phi) is 5.23. The molecular weight excluding hydrogens is 467 g/mol. The number of rotatable bonds is 1. The van der Waals surface area contributed by atoms with Crippen LogP contribution in [0.3, 0.4) is 0 Å². The summed E-state index contributed by atoms with van der Waals surface area (Å²) in [6.07, 6.45) is -1.12. The van der Waals surface area contributed by atoms with Crippen molar-refractivity contribution in [3.8, 4) is 0 Å². The number of hydrogen-bond acceptors (Lipinski definition) is 3. The van der Waals surface area contributed by atoms with E-state index in [9.17, 15) is 23.1 Å². The second-order valence-corrected chi connectivity index (χ2v) is 8.12. The number of urea groups is 1. The van der Waals surface area contributed by atoms with Gasteiger partial charge in [0.15, 0.2) is 0 Å². The van der Waals surface area contributed by atoms with Crippen LogP contribution in [0.15, 0.2) is 16.6 Å². The van der Waals surface area contributed by atoms with Gasteiger partial charge in [-0.2, -0.15) is 13.9 Å². The molecule has 4 rings (SSSR count). The molecule has 3 heterocycles. The van der Waals surface area contributed by atoms with Crippen LogP contribution < -0.4 is 5.32 Å². The number of aromatic nitrogens is 2. The van der Waals surface area contributed by atoms with E-state index in [0.29, 0.717) is 17.7 Å². The molecule has 0 radical (unpaired) electrons. The molecule has 1 atom stereocenters. The van der Waals surface area contributed by atoms with Gasteiger partial charge in [0.1, 0.15) is 11.5 Å². The number of alkyl halides is 2. The molecule has 30 heavy (non-hydrogen) atoms. The molecular formula is C19H17BrF3N5O2. The van der Waals surface area contributed by atoms with Crippen LogP contribution in [0.1, 0.15) is 29.8 Å². The molecule has 0 spiro atoms. The average Bonchev–Trinajstić information content (AvgIpc) is 3.01. The lowest BCUT2D eigenvalue weighted by molar-refractivity contribution is -0.0248. The van der Waals surface area contributed by atoms with Crippen molar-refractivity contribution in [2.24, 2.45) is 0 Å². The van der Waals surface area contributed by atoms with Crippen molar-refractivity contribution in [2.45, 2.75) is 44.4 Å². The molecule has 0 unspecified atom stereocenters. The summed E-state index contributed by atoms with van der Waals surface area (Å²) in [4.78, 5) is 17.2. The number of halogens is 4. The number of anilines is 1. The standard InChI is InChI=1S/C19H17BrF3N5O2/c1-24-16-12(21)2-3-14(15(16)20)25-18(30)27-7-5-13-11(9-27)17-19(22,23)6-4-10(29)8-28(17)26-13/h2-3,10,29H,4-9H2,(H,25,30)/t10-/m0/s1. The van der Waals surface area contributed by atoms with E-state index in [2.05, 4.69) is 31.2 Å². The maximum absolute atomic E-state index is 14.7. The first-order valence-electron chi connectivity index (χ1n) is 9.27. The van der Waals surface area contributed by atoms with Crippen molar-refractivity contribution >= 4 is 33.3 Å². The van der Waals surface area contributed by atoms with E-state index in [0.717, 1.165) is 6.07 Å². The van der Waals surface area contributed by atoms with Gasteiger partial charge in [0.25, 0.3) is 5.92 Å². The van der Waals surface area contributed by atoms with E-state index in [1.807, 2.05) is 0 Å². The zero-order chi connectivity index (χ0) is 21.6. The van der Waals surface area contributed by atoms with Gasteiger partial charge in [-0.15, -0.1) is 0 Å². The van der Waals surface area contributed by atoms with Crippen LogP contribution in [0.25, 0.3) is 4.85 Å². The summed E-state index contributed by atoms with van der Waals surface area (Å²) in [5, 5.41) is 16.8. The summed E-state index contributed by atoms with van der Waals surface area (Å²) in [7, 11) is 0. The van der Waals surface area contributed by atoms with E-state index >= 15 is 0 Å². The summed E-state index contributed by atoms with van der Waals surface area (Å²) in [6, 6.07) is 1.84. The molecule has 2 aliphatic heterocycles. The third kappa shape index (κ3) is 3.54. The molecule has 2 N–H and O–H groups in total. The Labute approximate surface area is 178 Å². The van der Waals surface area contributed by atoms with Crippen molar-refractivity contribution < 1.29 is 23.1 Å². The number of benzene rings is 1. The number of carbonyl (C=O) groups excluding carboxylic acids is 1. The highest BCUT2D eigenvalue weighted by Gasteiger charge is 2.43. The molecule has 0 aliphatic carbocycles. The van der Waals surface area contributed by atoms with E-state index in [-0.39, 0.29) is 47.6 Å². The largest absolute Gasteiger partial charge is 0.391 e. The molecule has 2 amide bonds. The highest BCUT2D eigenvalue weighted by atomic mass is 79.9. The Morgan fingerprint density at radius 1 is 1.43 bits per heavy atom. The van der Waals surface area contributed by atoms with Crippen LogP contribution in [-0.2, 0) is 25.4 Å². The van der Waals surface area contributed by atoms with Gasteiger partial charge < -0.3 is 15.3 Å². The third-order valence-electron chi connectivity index (χ3n) is 5.33. The van der Waals surface area contributed by atoms with Gasteiger partial charge in [-0.05, 0) is 18.6 Å². The van der Waals surface area contributed by atoms with Gasteiger partial charge in [0, 0.05) is 30.6 Å². The molecule has 2 aliphatic rings. The molecule has 0 fully saturated rings. The maximum Gasteiger partial charge on any atom is 0.322 e. The van der Waals surface area contributed by atoms with E-state index < -0.39 is 30.3 Å². The molecule has 0 bridgehead atoms. The van der Waals surface area contributed by atoms with Crippen molar-refractivity contribution in [3.05, 3.63) is 50.8 Å². The Balaban J connectivity index is 1.60. The van der Waals surface area contributed by atoms with Crippen LogP contribution in [0.5, 0.6) is 0 Å². The first-order chi connectivity index (χ1) is 14.2. The van der Waals surface area contributed by atoms with Crippen molar-refractivity contribution in [3.63, 3.8) is 0 Å². The fourth-order valence-corrected chi connectivity index (χ4v) is 4.34. The van der Waals surface area contributed by atoms with Crippen molar-refractivity contribution in [1.29, 1.82) is 0 Å². The molecule has 7 nitrogen and oxygen atoms in total. The number of aliphatic hydroxyl groups excluding tert-OH is 1. The summed E-state index contributed by atoms with van der Waals surface area (Å²) in [6.45, 7) is 7.25. The second kappa shape index (κ2) is 7.59. The van der Waals surface area contributed by atoms with E-state index in [1.54, 1.807) is 0 Å². The maximum atomic E-state index is 14.7. The minimum absolute atomic E-state index is 0.00789. The van der Waals surface area contributed by atoms with Crippen LogP contribution in [0.2, 0.25) is 0 Å². The minimum atomic E-state index is -3.15. The number of fused-ring (bicyclic) bond motifs is 3. The third-order valence-corrected chi connectivity index (χ3v) is 6.13. The SMILES string of the molecule is [C-]#[N+]c1c(F)ccc(NC(=O)N2CCc3nn4c(c3C2)C(F)(F)CC[C@H](O)C4)c1Br. The number of aliphatic hydroxyl groups is 1. The monoisotopic (exact) mass is 483 g/mol. The van der Waals surface area contributed by atoms with Gasteiger partial charge in [-0.25, -0.2) is 14.0 Å². The Bertz CT molecular complexity index is 1070. The summed E-state index contributed by atoms with van der Waals surface area (Å²) in [5.74, 6) is -3.87. The van der Waals surface area contributed by atoms with Crippen molar-refractivity contribution in [2.75, 3.05) is 11.9 Å². The lowest BCUT2D eigenvalue weighted by atomic mass is 10.00. The van der Waals surface area contributed by atoms with Crippen LogP contribution in [0.4, 0.5) is 29.3 Å². The summed E-state index contributed by atoms with van der Waals surface area (Å²) in [5.41, 5.74) is 0.510. The molecule has 0 saturated carbocycles. The highest BCUT2D eigenvalue weighted by molar-refractivity contribution is 9.10. The highest BCUT2D eigenvalue weighted by Crippen LogP contribution is 2.41. The Morgan fingerprint density at radius 2 is 2.20 bits per heavy atom. The van der Waals surface area contributed by atoms with Crippen LogP contribution >= 0.6 is 15.9 Å². The van der Waals surface area contributed by atoms with Crippen LogP contribution in [-0.4, -0.2) is 38.5 Å². The molecule has 1 aromatic heterocycles. The predicted octanol–water partition coefficient (Wildman–Crippen LogP) is 4.17. The van der Waals surface area contributed by atoms with Gasteiger partial charge in [-0.1, -0.05) is 15.9 Å². The summed E-state index contributed by atoms with van der Waals surface area (Å²) >= 11 is 3.12. The van der Waals surface area contributed by atoms with E-state index in [4.69, 9.17) is 6.57 Å². The molecule has 1 aromatic carbocycles. The Hall–Kier alpha value is -2.58. The molecule has 0 saturated heterocycles. The lowest BCUT2D eigenvalue weighted by Crippen LogP contribution is -2.39. The van der Waals surface area contributed by atoms with Gasteiger partial charge >= 0.3 is 6.03 Å². The zero-order valence-electron chi connectivity index (χ0n) is 15.6. The van der Waals surface area contributed by atoms with E-state index in [1.165, 1.54) is 15.6 Å². The lowest BCUT2D eigenvalue weighted by Gasteiger charge is -2.28. The van der Waals surface area contributed by atoms with Gasteiger partial charge in [0.05, 0.1) is 35.9 Å². The topological polar surface area (TPSA) is 74.8 Å². The fourth-order valence-electron chi connectivity index (χ4n) is 3.83. The molecule has 11 heteroatoms. The van der Waals surface area contributed by atoms with Gasteiger partial charge in [0.2, 0.25) is 5.69 Å². The predicted molar refractivity (Wildman–Crippen MR) is 105 cm³/mol. The number of nitrogens with zero attached hydrogens (tertiary/aromatic N) is 4. The number of nitrogens with one attached hydrogen (secondary N) is 1. The fraction of sp³-hybridized carbons (Fsp3) is 0.421. The smallest absolute Gasteiger partial charge is 0.322 e. The van der Waals surface area contributed by atoms with Crippen LogP contribution in [0, 0.1) is 12.4 Å². The average molecular weight is 484 g/mol. The normalized spacial score (nSPS) is 20.0. The summed E-state index contributed by atoms with van der Waals surface area (Å²) < 4.78 is 44.4. The molecule has 158 valence electrons.